The molecule has 0 radical (unpaired) electrons. The van der Waals surface area contributed by atoms with Crippen LogP contribution in [0.5, 0.6) is 0 Å². The van der Waals surface area contributed by atoms with Crippen LogP contribution in [0.4, 0.5) is 0 Å². The molecule has 0 unspecified atom stereocenters. The minimum atomic E-state index is -0.366. The van der Waals surface area contributed by atoms with E-state index in [1.807, 2.05) is 6.92 Å². The predicted molar refractivity (Wildman–Crippen MR) is 96.1 cm³/mol. The second kappa shape index (κ2) is 6.34. The molecule has 3 aromatic rings. The van der Waals surface area contributed by atoms with Crippen molar-refractivity contribution in [2.75, 3.05) is 6.61 Å². The maximum atomic E-state index is 12.4. The molecule has 0 saturated carbocycles. The van der Waals surface area contributed by atoms with E-state index in [-0.39, 0.29) is 24.4 Å². The fourth-order valence-electron chi connectivity index (χ4n) is 3.51. The van der Waals surface area contributed by atoms with Crippen molar-refractivity contribution in [1.82, 2.24) is 24.9 Å². The number of amides is 1. The van der Waals surface area contributed by atoms with Crippen molar-refractivity contribution in [2.45, 2.75) is 51.5 Å². The van der Waals surface area contributed by atoms with Crippen molar-refractivity contribution in [3.63, 3.8) is 0 Å². The standard InChI is InChI=1S/C17H21N5O2S/c1-3-10(7-23)19-16(24)14-20-15-13-12-9(2)5-4-6-11(12)25-17(13)18-8-22(15)21-14/h8-10,23H,3-7H2,1-2H3,(H,19,24)/t9-,10-/m0/s1. The summed E-state index contributed by atoms with van der Waals surface area (Å²) in [5.74, 6) is 0.220. The summed E-state index contributed by atoms with van der Waals surface area (Å²) >= 11 is 1.73. The van der Waals surface area contributed by atoms with Crippen molar-refractivity contribution in [1.29, 1.82) is 0 Å². The van der Waals surface area contributed by atoms with Crippen molar-refractivity contribution in [3.8, 4) is 0 Å². The molecule has 2 atom stereocenters. The number of thiophene rings is 1. The van der Waals surface area contributed by atoms with E-state index in [1.54, 1.807) is 22.2 Å². The van der Waals surface area contributed by atoms with E-state index in [9.17, 15) is 9.90 Å². The van der Waals surface area contributed by atoms with Gasteiger partial charge in [-0.25, -0.2) is 14.5 Å². The zero-order valence-corrected chi connectivity index (χ0v) is 15.1. The number of carbonyl (C=O) groups is 1. The zero-order chi connectivity index (χ0) is 17.6. The lowest BCUT2D eigenvalue weighted by Crippen LogP contribution is -2.37. The first-order valence-corrected chi connectivity index (χ1v) is 9.52. The smallest absolute Gasteiger partial charge is 0.291 e. The Balaban J connectivity index is 1.81. The zero-order valence-electron chi connectivity index (χ0n) is 14.3. The largest absolute Gasteiger partial charge is 0.394 e. The lowest BCUT2D eigenvalue weighted by molar-refractivity contribution is 0.0904. The Morgan fingerprint density at radius 3 is 3.16 bits per heavy atom. The average Bonchev–Trinajstić information content (AvgIpc) is 3.20. The number of aryl methyl sites for hydroxylation is 1. The summed E-state index contributed by atoms with van der Waals surface area (Å²) in [6, 6.07) is -0.286. The third kappa shape index (κ3) is 2.69. The van der Waals surface area contributed by atoms with Gasteiger partial charge in [0.15, 0.2) is 5.65 Å². The molecule has 8 heteroatoms. The normalized spacial score (nSPS) is 18.4. The summed E-state index contributed by atoms with van der Waals surface area (Å²) < 4.78 is 1.59. The summed E-state index contributed by atoms with van der Waals surface area (Å²) in [5, 5.41) is 17.4. The van der Waals surface area contributed by atoms with Crippen LogP contribution in [-0.2, 0) is 6.42 Å². The Labute approximate surface area is 149 Å². The molecule has 132 valence electrons. The molecular weight excluding hydrogens is 338 g/mol. The number of hydrogen-bond acceptors (Lipinski definition) is 6. The second-order valence-electron chi connectivity index (χ2n) is 6.62. The third-order valence-corrected chi connectivity index (χ3v) is 6.10. The first-order valence-electron chi connectivity index (χ1n) is 8.70. The molecule has 1 amide bonds. The first kappa shape index (κ1) is 16.4. The molecule has 0 saturated heterocycles. The van der Waals surface area contributed by atoms with Crippen LogP contribution in [0.25, 0.3) is 15.9 Å². The Morgan fingerprint density at radius 1 is 1.56 bits per heavy atom. The molecule has 7 nitrogen and oxygen atoms in total. The van der Waals surface area contributed by atoms with Gasteiger partial charge in [-0.15, -0.1) is 16.4 Å². The fourth-order valence-corrected chi connectivity index (χ4v) is 4.80. The molecule has 0 spiro atoms. The maximum Gasteiger partial charge on any atom is 0.291 e. The molecule has 1 aliphatic rings. The van der Waals surface area contributed by atoms with Gasteiger partial charge in [0.1, 0.15) is 11.2 Å². The van der Waals surface area contributed by atoms with Crippen LogP contribution in [0.1, 0.15) is 60.1 Å². The number of nitrogens with zero attached hydrogens (tertiary/aromatic N) is 4. The fraction of sp³-hybridized carbons (Fsp3) is 0.529. The van der Waals surface area contributed by atoms with Crippen LogP contribution in [-0.4, -0.2) is 43.2 Å². The maximum absolute atomic E-state index is 12.4. The molecule has 3 heterocycles. The van der Waals surface area contributed by atoms with Crippen LogP contribution < -0.4 is 5.32 Å². The molecule has 3 aromatic heterocycles. The molecule has 25 heavy (non-hydrogen) atoms. The van der Waals surface area contributed by atoms with Gasteiger partial charge in [-0.2, -0.15) is 0 Å². The third-order valence-electron chi connectivity index (χ3n) is 4.93. The van der Waals surface area contributed by atoms with Gasteiger partial charge in [0.05, 0.1) is 18.0 Å². The van der Waals surface area contributed by atoms with E-state index in [0.29, 0.717) is 18.0 Å². The van der Waals surface area contributed by atoms with Gasteiger partial charge in [-0.05, 0) is 37.2 Å². The molecule has 1 aliphatic carbocycles. The number of fused-ring (bicyclic) bond motifs is 5. The SMILES string of the molecule is CC[C@@H](CO)NC(=O)c1nc2c3c4c(sc3ncn2n1)CCC[C@@H]4C. The minimum Gasteiger partial charge on any atom is -0.394 e. The van der Waals surface area contributed by atoms with Gasteiger partial charge in [-0.3, -0.25) is 4.79 Å². The van der Waals surface area contributed by atoms with Gasteiger partial charge in [0, 0.05) is 4.88 Å². The topological polar surface area (TPSA) is 92.4 Å². The van der Waals surface area contributed by atoms with Crippen molar-refractivity contribution in [2.24, 2.45) is 0 Å². The highest BCUT2D eigenvalue weighted by atomic mass is 32.1. The van der Waals surface area contributed by atoms with E-state index < -0.39 is 0 Å². The van der Waals surface area contributed by atoms with Gasteiger partial charge < -0.3 is 10.4 Å². The Morgan fingerprint density at radius 2 is 2.40 bits per heavy atom. The van der Waals surface area contributed by atoms with E-state index in [4.69, 9.17) is 0 Å². The van der Waals surface area contributed by atoms with Crippen LogP contribution in [0.3, 0.4) is 0 Å². The van der Waals surface area contributed by atoms with E-state index in [1.165, 1.54) is 16.9 Å². The predicted octanol–water partition coefficient (Wildman–Crippen LogP) is 2.28. The van der Waals surface area contributed by atoms with Crippen LogP contribution in [0, 0.1) is 0 Å². The number of aliphatic hydroxyl groups excluding tert-OH is 1. The van der Waals surface area contributed by atoms with Gasteiger partial charge >= 0.3 is 0 Å². The molecule has 2 N–H and O–H groups in total. The molecule has 0 fully saturated rings. The molecule has 0 bridgehead atoms. The monoisotopic (exact) mass is 359 g/mol. The lowest BCUT2D eigenvalue weighted by atomic mass is 9.87. The Kier molecular flexibility index (Phi) is 4.16. The van der Waals surface area contributed by atoms with Crippen molar-refractivity contribution < 1.29 is 9.90 Å². The first-order chi connectivity index (χ1) is 12.1. The second-order valence-corrected chi connectivity index (χ2v) is 7.71. The average molecular weight is 359 g/mol. The number of aliphatic hydroxyl groups is 1. The van der Waals surface area contributed by atoms with E-state index >= 15 is 0 Å². The molecule has 0 aliphatic heterocycles. The number of carbonyl (C=O) groups excluding carboxylic acids is 1. The Bertz CT molecular complexity index is 943. The molecule has 0 aromatic carbocycles. The number of rotatable bonds is 4. The lowest BCUT2D eigenvalue weighted by Gasteiger charge is -2.18. The van der Waals surface area contributed by atoms with Crippen LogP contribution in [0.15, 0.2) is 6.33 Å². The molecular formula is C17H21N5O2S. The minimum absolute atomic E-state index is 0.100. The number of hydrogen-bond donors (Lipinski definition) is 2. The van der Waals surface area contributed by atoms with Crippen molar-refractivity contribution >= 4 is 33.1 Å². The summed E-state index contributed by atoms with van der Waals surface area (Å²) in [5.41, 5.74) is 2.02. The summed E-state index contributed by atoms with van der Waals surface area (Å²) in [4.78, 5) is 23.8. The van der Waals surface area contributed by atoms with Crippen LogP contribution in [0.2, 0.25) is 0 Å². The summed E-state index contributed by atoms with van der Waals surface area (Å²) in [6.45, 7) is 4.05. The van der Waals surface area contributed by atoms with E-state index in [2.05, 4.69) is 27.3 Å². The highest BCUT2D eigenvalue weighted by Gasteiger charge is 2.26. The summed E-state index contributed by atoms with van der Waals surface area (Å²) in [7, 11) is 0. The van der Waals surface area contributed by atoms with E-state index in [0.717, 1.165) is 23.1 Å². The summed E-state index contributed by atoms with van der Waals surface area (Å²) in [6.07, 6.45) is 5.73. The highest BCUT2D eigenvalue weighted by Crippen LogP contribution is 2.42. The quantitative estimate of drug-likeness (QED) is 0.745. The van der Waals surface area contributed by atoms with Gasteiger partial charge in [-0.1, -0.05) is 13.8 Å². The highest BCUT2D eigenvalue weighted by molar-refractivity contribution is 7.19. The van der Waals surface area contributed by atoms with Crippen molar-refractivity contribution in [3.05, 3.63) is 22.6 Å². The van der Waals surface area contributed by atoms with Gasteiger partial charge in [0.2, 0.25) is 5.82 Å². The number of nitrogens with one attached hydrogen (secondary N) is 1. The van der Waals surface area contributed by atoms with Gasteiger partial charge in [0.25, 0.3) is 5.91 Å². The Hall–Kier alpha value is -2.06. The van der Waals surface area contributed by atoms with Crippen LogP contribution >= 0.6 is 11.3 Å². The molecule has 4 rings (SSSR count). The number of aromatic nitrogens is 4.